The molecule has 0 saturated carbocycles. The van der Waals surface area contributed by atoms with Crippen molar-refractivity contribution >= 4 is 0 Å². The Balaban J connectivity index is 0. The molecule has 0 heterocycles. The SMILES string of the molecule is C/C=C/C(CC)CCC.OCCO. The lowest BCUT2D eigenvalue weighted by Crippen LogP contribution is -1.91. The molecule has 0 rings (SSSR count). The van der Waals surface area contributed by atoms with Gasteiger partial charge in [-0.1, -0.05) is 32.4 Å². The van der Waals surface area contributed by atoms with Gasteiger partial charge in [0, 0.05) is 0 Å². The van der Waals surface area contributed by atoms with Crippen LogP contribution in [0.1, 0.15) is 40.0 Å². The lowest BCUT2D eigenvalue weighted by atomic mass is 10.0. The average molecular weight is 188 g/mol. The van der Waals surface area contributed by atoms with Crippen molar-refractivity contribution in [2.24, 2.45) is 5.92 Å². The van der Waals surface area contributed by atoms with Crippen LogP contribution in [0.5, 0.6) is 0 Å². The first-order chi connectivity index (χ1) is 6.26. The molecular formula is C11H24O2. The number of aliphatic hydroxyl groups excluding tert-OH is 2. The Hall–Kier alpha value is -0.340. The maximum atomic E-state index is 7.62. The summed E-state index contributed by atoms with van der Waals surface area (Å²) in [4.78, 5) is 0. The maximum absolute atomic E-state index is 7.62. The van der Waals surface area contributed by atoms with Crippen LogP contribution in [0.4, 0.5) is 0 Å². The van der Waals surface area contributed by atoms with Crippen molar-refractivity contribution in [1.82, 2.24) is 0 Å². The first kappa shape index (κ1) is 15.1. The van der Waals surface area contributed by atoms with Crippen molar-refractivity contribution in [3.8, 4) is 0 Å². The lowest BCUT2D eigenvalue weighted by Gasteiger charge is -2.05. The number of hydrogen-bond acceptors (Lipinski definition) is 2. The summed E-state index contributed by atoms with van der Waals surface area (Å²) in [5.74, 6) is 0.833. The van der Waals surface area contributed by atoms with Gasteiger partial charge in [0.25, 0.3) is 0 Å². The highest BCUT2D eigenvalue weighted by atomic mass is 16.3. The van der Waals surface area contributed by atoms with Gasteiger partial charge in [0.05, 0.1) is 13.2 Å². The quantitative estimate of drug-likeness (QED) is 0.650. The number of aliphatic hydroxyl groups is 2. The lowest BCUT2D eigenvalue weighted by molar-refractivity contribution is 0.186. The molecule has 2 heteroatoms. The summed E-state index contributed by atoms with van der Waals surface area (Å²) in [5.41, 5.74) is 0. The number of rotatable bonds is 5. The standard InChI is InChI=1S/C9H18.C2H6O2/c1-4-7-9(6-3)8-5-2;3-1-2-4/h4,7,9H,5-6,8H2,1-3H3;3-4H,1-2H2/b7-4+;. The monoisotopic (exact) mass is 188 g/mol. The topological polar surface area (TPSA) is 40.5 Å². The van der Waals surface area contributed by atoms with E-state index in [1.54, 1.807) is 0 Å². The first-order valence-electron chi connectivity index (χ1n) is 5.11. The van der Waals surface area contributed by atoms with E-state index in [1.165, 1.54) is 19.3 Å². The molecule has 0 radical (unpaired) electrons. The second-order valence-corrected chi connectivity index (χ2v) is 2.93. The van der Waals surface area contributed by atoms with E-state index in [0.29, 0.717) is 0 Å². The second-order valence-electron chi connectivity index (χ2n) is 2.93. The molecule has 0 amide bonds. The molecule has 1 unspecified atom stereocenters. The van der Waals surface area contributed by atoms with E-state index in [2.05, 4.69) is 32.9 Å². The van der Waals surface area contributed by atoms with Crippen molar-refractivity contribution in [2.45, 2.75) is 40.0 Å². The van der Waals surface area contributed by atoms with Crippen LogP contribution in [0, 0.1) is 5.92 Å². The number of hydrogen-bond donors (Lipinski definition) is 2. The second kappa shape index (κ2) is 14.2. The molecule has 0 aromatic heterocycles. The predicted octanol–water partition coefficient (Wildman–Crippen LogP) is 2.36. The fourth-order valence-electron chi connectivity index (χ4n) is 1.08. The molecular weight excluding hydrogens is 164 g/mol. The predicted molar refractivity (Wildman–Crippen MR) is 57.7 cm³/mol. The van der Waals surface area contributed by atoms with Crippen molar-refractivity contribution in [3.05, 3.63) is 12.2 Å². The minimum absolute atomic E-state index is 0.125. The van der Waals surface area contributed by atoms with E-state index in [1.807, 2.05) is 0 Å². The summed E-state index contributed by atoms with van der Waals surface area (Å²) in [7, 11) is 0. The molecule has 0 fully saturated rings. The summed E-state index contributed by atoms with van der Waals surface area (Å²) in [6.45, 7) is 6.34. The van der Waals surface area contributed by atoms with E-state index in [-0.39, 0.29) is 13.2 Å². The molecule has 0 aliphatic heterocycles. The van der Waals surface area contributed by atoms with Gasteiger partial charge in [-0.15, -0.1) is 0 Å². The van der Waals surface area contributed by atoms with Crippen LogP contribution < -0.4 is 0 Å². The van der Waals surface area contributed by atoms with E-state index in [4.69, 9.17) is 10.2 Å². The van der Waals surface area contributed by atoms with Crippen molar-refractivity contribution < 1.29 is 10.2 Å². The molecule has 0 bridgehead atoms. The van der Waals surface area contributed by atoms with Crippen molar-refractivity contribution in [2.75, 3.05) is 13.2 Å². The Labute approximate surface area is 82.3 Å². The van der Waals surface area contributed by atoms with E-state index in [9.17, 15) is 0 Å². The van der Waals surface area contributed by atoms with Gasteiger partial charge in [-0.05, 0) is 25.7 Å². The highest BCUT2D eigenvalue weighted by Gasteiger charge is 1.96. The summed E-state index contributed by atoms with van der Waals surface area (Å²) in [6, 6.07) is 0. The zero-order valence-corrected chi connectivity index (χ0v) is 9.16. The fourth-order valence-corrected chi connectivity index (χ4v) is 1.08. The maximum Gasteiger partial charge on any atom is 0.0662 e. The van der Waals surface area contributed by atoms with Crippen LogP contribution in [0.15, 0.2) is 12.2 Å². The van der Waals surface area contributed by atoms with Crippen LogP contribution in [0.2, 0.25) is 0 Å². The molecule has 80 valence electrons. The minimum Gasteiger partial charge on any atom is -0.394 e. The molecule has 2 N–H and O–H groups in total. The molecule has 0 spiro atoms. The molecule has 13 heavy (non-hydrogen) atoms. The highest BCUT2D eigenvalue weighted by molar-refractivity contribution is 4.84. The zero-order chi connectivity index (χ0) is 10.5. The van der Waals surface area contributed by atoms with Gasteiger partial charge < -0.3 is 10.2 Å². The normalized spacial score (nSPS) is 12.4. The Morgan fingerprint density at radius 3 is 1.92 bits per heavy atom. The molecule has 0 aromatic carbocycles. The molecule has 0 aliphatic rings. The largest absolute Gasteiger partial charge is 0.394 e. The van der Waals surface area contributed by atoms with Gasteiger partial charge in [0.1, 0.15) is 0 Å². The van der Waals surface area contributed by atoms with E-state index < -0.39 is 0 Å². The molecule has 1 atom stereocenters. The van der Waals surface area contributed by atoms with Gasteiger partial charge in [0.15, 0.2) is 0 Å². The van der Waals surface area contributed by atoms with Crippen LogP contribution in [-0.2, 0) is 0 Å². The Kier molecular flexibility index (Phi) is 16.5. The third-order valence-corrected chi connectivity index (χ3v) is 1.75. The Bertz CT molecular complexity index is 98.3. The van der Waals surface area contributed by atoms with Crippen LogP contribution in [0.3, 0.4) is 0 Å². The smallest absolute Gasteiger partial charge is 0.0662 e. The molecule has 0 saturated heterocycles. The molecule has 0 aliphatic carbocycles. The van der Waals surface area contributed by atoms with E-state index in [0.717, 1.165) is 5.92 Å². The van der Waals surface area contributed by atoms with Gasteiger partial charge in [-0.3, -0.25) is 0 Å². The van der Waals surface area contributed by atoms with Gasteiger partial charge >= 0.3 is 0 Å². The molecule has 0 aromatic rings. The third kappa shape index (κ3) is 14.5. The van der Waals surface area contributed by atoms with Crippen LogP contribution in [0.25, 0.3) is 0 Å². The zero-order valence-electron chi connectivity index (χ0n) is 9.16. The Morgan fingerprint density at radius 2 is 1.69 bits per heavy atom. The van der Waals surface area contributed by atoms with Crippen LogP contribution in [-0.4, -0.2) is 23.4 Å². The summed E-state index contributed by atoms with van der Waals surface area (Å²) >= 11 is 0. The van der Waals surface area contributed by atoms with E-state index >= 15 is 0 Å². The average Bonchev–Trinajstić information content (AvgIpc) is 2.18. The highest BCUT2D eigenvalue weighted by Crippen LogP contribution is 2.11. The first-order valence-corrected chi connectivity index (χ1v) is 5.11. The molecule has 2 nitrogen and oxygen atoms in total. The van der Waals surface area contributed by atoms with Gasteiger partial charge in [-0.25, -0.2) is 0 Å². The Morgan fingerprint density at radius 1 is 1.15 bits per heavy atom. The third-order valence-electron chi connectivity index (χ3n) is 1.75. The van der Waals surface area contributed by atoms with Crippen molar-refractivity contribution in [3.63, 3.8) is 0 Å². The number of allylic oxidation sites excluding steroid dienone is 2. The summed E-state index contributed by atoms with van der Waals surface area (Å²) < 4.78 is 0. The van der Waals surface area contributed by atoms with Gasteiger partial charge in [0.2, 0.25) is 0 Å². The summed E-state index contributed by atoms with van der Waals surface area (Å²) in [5, 5.41) is 15.2. The minimum atomic E-state index is -0.125. The van der Waals surface area contributed by atoms with Gasteiger partial charge in [-0.2, -0.15) is 0 Å². The van der Waals surface area contributed by atoms with Crippen molar-refractivity contribution in [1.29, 1.82) is 0 Å². The fraction of sp³-hybridized carbons (Fsp3) is 0.818. The van der Waals surface area contributed by atoms with Crippen LogP contribution >= 0.6 is 0 Å². The summed E-state index contributed by atoms with van der Waals surface area (Å²) in [6.07, 6.45) is 8.41.